The van der Waals surface area contributed by atoms with Crippen LogP contribution in [-0.2, 0) is 0 Å². The predicted octanol–water partition coefficient (Wildman–Crippen LogP) is 11.4. The fourth-order valence-electron chi connectivity index (χ4n) is 6.22. The Hall–Kier alpha value is -6.06. The third-order valence-corrected chi connectivity index (χ3v) is 8.31. The number of anilines is 7. The molecule has 222 valence electrons. The van der Waals surface area contributed by atoms with Gasteiger partial charge >= 0.3 is 0 Å². The molecule has 7 rings (SSSR count). The van der Waals surface area contributed by atoms with Gasteiger partial charge in [-0.1, -0.05) is 133 Å². The van der Waals surface area contributed by atoms with E-state index in [1.54, 1.807) is 0 Å². The maximum atomic E-state index is 7.42. The molecular formula is C43H35N3. The van der Waals surface area contributed by atoms with Crippen LogP contribution in [0.2, 0.25) is 0 Å². The van der Waals surface area contributed by atoms with Crippen LogP contribution in [0.4, 0.5) is 39.8 Å². The van der Waals surface area contributed by atoms with E-state index in [0.717, 1.165) is 45.4 Å². The maximum absolute atomic E-state index is 7.42. The van der Waals surface area contributed by atoms with E-state index in [0.29, 0.717) is 0 Å². The number of nitrogen functional groups attached to an aromatic ring is 1. The minimum atomic E-state index is -0.0945. The second-order valence-electron chi connectivity index (χ2n) is 11.2. The van der Waals surface area contributed by atoms with Crippen LogP contribution in [0.25, 0.3) is 0 Å². The van der Waals surface area contributed by atoms with Gasteiger partial charge in [0.1, 0.15) is 0 Å². The summed E-state index contributed by atoms with van der Waals surface area (Å²) in [5.74, 6) is -0.0945. The van der Waals surface area contributed by atoms with Crippen LogP contribution in [0.15, 0.2) is 194 Å². The number of para-hydroxylation sites is 4. The quantitative estimate of drug-likeness (QED) is 0.133. The third kappa shape index (κ3) is 5.87. The fraction of sp³-hybridized carbons (Fsp3) is 0.0233. The van der Waals surface area contributed by atoms with Crippen molar-refractivity contribution in [2.75, 3.05) is 15.5 Å². The highest BCUT2D eigenvalue weighted by molar-refractivity contribution is 5.91. The second-order valence-corrected chi connectivity index (χ2v) is 11.2. The zero-order chi connectivity index (χ0) is 31.1. The van der Waals surface area contributed by atoms with Crippen molar-refractivity contribution in [1.29, 1.82) is 0 Å². The van der Waals surface area contributed by atoms with Crippen molar-refractivity contribution in [3.63, 3.8) is 0 Å². The average molecular weight is 594 g/mol. The molecule has 0 aliphatic carbocycles. The molecule has 0 aliphatic rings. The van der Waals surface area contributed by atoms with Crippen molar-refractivity contribution in [1.82, 2.24) is 0 Å². The van der Waals surface area contributed by atoms with Crippen LogP contribution in [-0.4, -0.2) is 0 Å². The summed E-state index contributed by atoms with van der Waals surface area (Å²) in [6.07, 6.45) is 0. The van der Waals surface area contributed by atoms with Crippen molar-refractivity contribution in [3.8, 4) is 0 Å². The van der Waals surface area contributed by atoms with E-state index in [1.165, 1.54) is 11.1 Å². The van der Waals surface area contributed by atoms with Crippen LogP contribution in [0.3, 0.4) is 0 Å². The summed E-state index contributed by atoms with van der Waals surface area (Å²) >= 11 is 0. The Bertz CT molecular complexity index is 1760. The summed E-state index contributed by atoms with van der Waals surface area (Å²) in [7, 11) is 0. The first-order valence-corrected chi connectivity index (χ1v) is 15.6. The summed E-state index contributed by atoms with van der Waals surface area (Å²) in [6.45, 7) is 0. The minimum absolute atomic E-state index is 0.0945. The Morgan fingerprint density at radius 1 is 0.348 bits per heavy atom. The molecule has 0 heterocycles. The number of hydrogen-bond donors (Lipinski definition) is 1. The SMILES string of the molecule is Nc1c(C(c2ccccc2)c2ccccc2)cc(N(c2ccccc2)c2ccccc2)cc1N(c1ccccc1)c1ccccc1. The van der Waals surface area contributed by atoms with Crippen molar-refractivity contribution < 1.29 is 0 Å². The van der Waals surface area contributed by atoms with Gasteiger partial charge in [0.2, 0.25) is 0 Å². The lowest BCUT2D eigenvalue weighted by atomic mass is 9.83. The van der Waals surface area contributed by atoms with E-state index in [2.05, 4.69) is 192 Å². The Labute approximate surface area is 271 Å². The molecule has 0 aromatic heterocycles. The topological polar surface area (TPSA) is 32.5 Å². The first kappa shape index (κ1) is 28.7. The molecule has 0 unspecified atom stereocenters. The Morgan fingerprint density at radius 3 is 1.04 bits per heavy atom. The highest BCUT2D eigenvalue weighted by atomic mass is 15.2. The molecule has 0 saturated heterocycles. The van der Waals surface area contributed by atoms with Gasteiger partial charge in [0.25, 0.3) is 0 Å². The summed E-state index contributed by atoms with van der Waals surface area (Å²) in [5.41, 5.74) is 17.7. The fourth-order valence-corrected chi connectivity index (χ4v) is 6.22. The van der Waals surface area contributed by atoms with E-state index >= 15 is 0 Å². The number of nitrogens with two attached hydrogens (primary N) is 1. The number of hydrogen-bond acceptors (Lipinski definition) is 3. The number of nitrogens with zero attached hydrogens (tertiary/aromatic N) is 2. The molecule has 0 amide bonds. The summed E-state index contributed by atoms with van der Waals surface area (Å²) < 4.78 is 0. The number of rotatable bonds is 9. The molecule has 0 aliphatic heterocycles. The lowest BCUT2D eigenvalue weighted by molar-refractivity contribution is 0.978. The van der Waals surface area contributed by atoms with Crippen molar-refractivity contribution in [2.45, 2.75) is 5.92 Å². The van der Waals surface area contributed by atoms with Gasteiger partial charge in [0, 0.05) is 34.4 Å². The maximum Gasteiger partial charge on any atom is 0.0715 e. The molecule has 0 fully saturated rings. The van der Waals surface area contributed by atoms with Crippen molar-refractivity contribution in [2.24, 2.45) is 0 Å². The predicted molar refractivity (Wildman–Crippen MR) is 194 cm³/mol. The van der Waals surface area contributed by atoms with Crippen LogP contribution >= 0.6 is 0 Å². The average Bonchev–Trinajstić information content (AvgIpc) is 3.13. The lowest BCUT2D eigenvalue weighted by Crippen LogP contribution is -2.17. The van der Waals surface area contributed by atoms with Gasteiger partial charge in [-0.05, 0) is 77.4 Å². The molecule has 0 saturated carbocycles. The minimum Gasteiger partial charge on any atom is -0.397 e. The zero-order valence-corrected chi connectivity index (χ0v) is 25.5. The van der Waals surface area contributed by atoms with Gasteiger partial charge in [0.05, 0.1) is 11.4 Å². The lowest BCUT2D eigenvalue weighted by Gasteiger charge is -2.33. The van der Waals surface area contributed by atoms with Gasteiger partial charge in [-0.3, -0.25) is 0 Å². The highest BCUT2D eigenvalue weighted by Crippen LogP contribution is 2.48. The molecule has 3 nitrogen and oxygen atoms in total. The smallest absolute Gasteiger partial charge is 0.0715 e. The summed E-state index contributed by atoms with van der Waals surface area (Å²) in [5, 5.41) is 0. The molecule has 0 atom stereocenters. The van der Waals surface area contributed by atoms with Crippen LogP contribution in [0.1, 0.15) is 22.6 Å². The Morgan fingerprint density at radius 2 is 0.674 bits per heavy atom. The van der Waals surface area contributed by atoms with Crippen molar-refractivity contribution in [3.05, 3.63) is 211 Å². The second kappa shape index (κ2) is 13.3. The number of benzene rings is 7. The normalized spacial score (nSPS) is 10.9. The monoisotopic (exact) mass is 593 g/mol. The molecule has 46 heavy (non-hydrogen) atoms. The first-order chi connectivity index (χ1) is 22.8. The van der Waals surface area contributed by atoms with Crippen LogP contribution < -0.4 is 15.5 Å². The van der Waals surface area contributed by atoms with E-state index in [9.17, 15) is 0 Å². The highest BCUT2D eigenvalue weighted by Gasteiger charge is 2.26. The van der Waals surface area contributed by atoms with Crippen LogP contribution in [0, 0.1) is 0 Å². The zero-order valence-electron chi connectivity index (χ0n) is 25.5. The van der Waals surface area contributed by atoms with Gasteiger partial charge in [-0.25, -0.2) is 0 Å². The molecule has 7 aromatic rings. The van der Waals surface area contributed by atoms with Crippen LogP contribution in [0.5, 0.6) is 0 Å². The van der Waals surface area contributed by atoms with Gasteiger partial charge in [-0.2, -0.15) is 0 Å². The standard InChI is InChI=1S/C43H35N3/c44-43-40(42(33-19-7-1-8-20-33)34-21-9-2-10-22-34)31-39(45(35-23-11-3-12-24-35)36-25-13-4-14-26-36)32-41(43)46(37-27-15-5-16-28-37)38-29-17-6-18-30-38/h1-32,42H,44H2. The van der Waals surface area contributed by atoms with E-state index in [1.807, 2.05) is 12.1 Å². The van der Waals surface area contributed by atoms with E-state index < -0.39 is 0 Å². The van der Waals surface area contributed by atoms with Gasteiger partial charge < -0.3 is 15.5 Å². The molecule has 0 bridgehead atoms. The molecule has 2 N–H and O–H groups in total. The summed E-state index contributed by atoms with van der Waals surface area (Å²) in [4.78, 5) is 4.58. The third-order valence-electron chi connectivity index (χ3n) is 8.31. The first-order valence-electron chi connectivity index (χ1n) is 15.6. The largest absolute Gasteiger partial charge is 0.397 e. The summed E-state index contributed by atoms with van der Waals surface area (Å²) in [6, 6.07) is 67.8. The molecule has 0 radical (unpaired) electrons. The Kier molecular flexibility index (Phi) is 8.29. The molecule has 0 spiro atoms. The van der Waals surface area contributed by atoms with Gasteiger partial charge in [0.15, 0.2) is 0 Å². The van der Waals surface area contributed by atoms with Crippen molar-refractivity contribution >= 4 is 39.8 Å². The van der Waals surface area contributed by atoms with Gasteiger partial charge in [-0.15, -0.1) is 0 Å². The van der Waals surface area contributed by atoms with E-state index in [-0.39, 0.29) is 5.92 Å². The van der Waals surface area contributed by atoms with E-state index in [4.69, 9.17) is 5.73 Å². The molecular weight excluding hydrogens is 558 g/mol. The molecule has 7 aromatic carbocycles. The molecule has 3 heteroatoms. The Balaban J connectivity index is 1.56.